The molecule has 2 heterocycles. The lowest BCUT2D eigenvalue weighted by Gasteiger charge is -2.31. The molecule has 6 heteroatoms. The minimum Gasteiger partial charge on any atom is -0.461 e. The van der Waals surface area contributed by atoms with Crippen molar-refractivity contribution in [3.63, 3.8) is 0 Å². The van der Waals surface area contributed by atoms with Gasteiger partial charge >= 0.3 is 5.97 Å². The first-order chi connectivity index (χ1) is 11.8. The molecule has 0 saturated heterocycles. The number of carbonyl (C=O) groups excluding carboxylic acids is 1. The van der Waals surface area contributed by atoms with Crippen LogP contribution in [0.15, 0.2) is 35.8 Å². The van der Waals surface area contributed by atoms with E-state index in [1.54, 1.807) is 23.6 Å². The summed E-state index contributed by atoms with van der Waals surface area (Å²) in [5.74, 6) is -0.440. The van der Waals surface area contributed by atoms with Gasteiger partial charge in [0.2, 0.25) is 0 Å². The number of hydrogen-bond donors (Lipinski definition) is 2. The van der Waals surface area contributed by atoms with Crippen molar-refractivity contribution in [3.8, 4) is 0 Å². The van der Waals surface area contributed by atoms with Crippen LogP contribution in [-0.2, 0) is 4.74 Å². The Labute approximate surface area is 147 Å². The average molecular weight is 340 g/mol. The van der Waals surface area contributed by atoms with Crippen molar-refractivity contribution in [1.82, 2.24) is 9.38 Å². The Bertz CT molecular complexity index is 877. The molecule has 0 aromatic carbocycles. The molecule has 132 valence electrons. The third-order valence-corrected chi connectivity index (χ3v) is 4.63. The molecule has 0 bridgehead atoms. The summed E-state index contributed by atoms with van der Waals surface area (Å²) >= 11 is 0. The van der Waals surface area contributed by atoms with Crippen LogP contribution in [0.4, 0.5) is 0 Å². The van der Waals surface area contributed by atoms with Gasteiger partial charge in [0.05, 0.1) is 12.3 Å². The van der Waals surface area contributed by atoms with E-state index < -0.39 is 5.97 Å². The Balaban J connectivity index is 1.91. The van der Waals surface area contributed by atoms with E-state index in [1.807, 2.05) is 12.3 Å². The molecule has 0 fully saturated rings. The van der Waals surface area contributed by atoms with Gasteiger partial charge in [-0.3, -0.25) is 5.41 Å². The maximum absolute atomic E-state index is 11.8. The molecular weight excluding hydrogens is 316 g/mol. The number of ether oxygens (including phenoxy) is 1. The number of nitrogens with one attached hydrogen (secondary N) is 1. The number of carbonyl (C=O) groups is 1. The molecule has 25 heavy (non-hydrogen) atoms. The second-order valence-corrected chi connectivity index (χ2v) is 7.25. The first-order valence-electron chi connectivity index (χ1n) is 8.53. The fourth-order valence-electron chi connectivity index (χ4n) is 3.24. The molecule has 0 spiro atoms. The maximum atomic E-state index is 11.8. The quantitative estimate of drug-likeness (QED) is 0.659. The van der Waals surface area contributed by atoms with Gasteiger partial charge < -0.3 is 14.9 Å². The van der Waals surface area contributed by atoms with Gasteiger partial charge in [-0.05, 0) is 49.3 Å². The summed E-state index contributed by atoms with van der Waals surface area (Å²) < 4.78 is 6.73. The highest BCUT2D eigenvalue weighted by Crippen LogP contribution is 2.37. The maximum Gasteiger partial charge on any atom is 0.358 e. The van der Waals surface area contributed by atoms with Crippen LogP contribution in [0.25, 0.3) is 5.65 Å². The van der Waals surface area contributed by atoms with Gasteiger partial charge in [-0.1, -0.05) is 13.8 Å². The van der Waals surface area contributed by atoms with Crippen molar-refractivity contribution in [3.05, 3.63) is 47.1 Å². The monoisotopic (exact) mass is 340 g/mol. The molecule has 6 nitrogen and oxygen atoms in total. The number of imidazole rings is 1. The summed E-state index contributed by atoms with van der Waals surface area (Å²) in [4.78, 5) is 16.1. The number of pyridine rings is 1. The Hall–Kier alpha value is -2.63. The molecule has 0 saturated carbocycles. The average Bonchev–Trinajstić information content (AvgIpc) is 2.97. The SMILES string of the molecule is CCOC(=O)c1cn2cc(C(=N)C3=C(N)CC(C)(C)CC3)ccc2n1. The Kier molecular flexibility index (Phi) is 4.37. The molecule has 3 rings (SSSR count). The van der Waals surface area contributed by atoms with Gasteiger partial charge in [-0.15, -0.1) is 0 Å². The van der Waals surface area contributed by atoms with E-state index in [0.717, 1.165) is 36.1 Å². The minimum absolute atomic E-state index is 0.191. The first-order valence-corrected chi connectivity index (χ1v) is 8.53. The van der Waals surface area contributed by atoms with E-state index in [0.29, 0.717) is 18.0 Å². The van der Waals surface area contributed by atoms with E-state index in [4.69, 9.17) is 15.9 Å². The summed E-state index contributed by atoms with van der Waals surface area (Å²) in [6.45, 7) is 6.48. The van der Waals surface area contributed by atoms with Crippen molar-refractivity contribution in [2.45, 2.75) is 40.0 Å². The van der Waals surface area contributed by atoms with E-state index in [1.165, 1.54) is 0 Å². The second-order valence-electron chi connectivity index (χ2n) is 7.25. The van der Waals surface area contributed by atoms with Crippen LogP contribution >= 0.6 is 0 Å². The standard InChI is InChI=1S/C19H24N4O2/c1-4-25-18(24)15-11-23-10-12(5-6-16(23)22-15)17(21)13-7-8-19(2,3)9-14(13)20/h5-6,10-11,21H,4,7-9,20H2,1-3H3. The summed E-state index contributed by atoms with van der Waals surface area (Å²) in [5.41, 5.74) is 10.3. The molecule has 0 atom stereocenters. The molecule has 1 aliphatic rings. The van der Waals surface area contributed by atoms with Crippen molar-refractivity contribution >= 4 is 17.3 Å². The van der Waals surface area contributed by atoms with Crippen LogP contribution in [0.3, 0.4) is 0 Å². The van der Waals surface area contributed by atoms with Crippen LogP contribution in [0, 0.1) is 10.8 Å². The van der Waals surface area contributed by atoms with E-state index in [-0.39, 0.29) is 11.1 Å². The minimum atomic E-state index is -0.440. The number of nitrogens with zero attached hydrogens (tertiary/aromatic N) is 2. The molecule has 2 aromatic heterocycles. The molecule has 0 unspecified atom stereocenters. The molecule has 0 aliphatic heterocycles. The zero-order chi connectivity index (χ0) is 18.2. The molecule has 3 N–H and O–H groups in total. The zero-order valence-corrected chi connectivity index (χ0v) is 14.9. The lowest BCUT2D eigenvalue weighted by Crippen LogP contribution is -2.25. The van der Waals surface area contributed by atoms with Gasteiger partial charge in [0.1, 0.15) is 5.65 Å². The van der Waals surface area contributed by atoms with Gasteiger partial charge in [-0.25, -0.2) is 9.78 Å². The predicted molar refractivity (Wildman–Crippen MR) is 96.8 cm³/mol. The van der Waals surface area contributed by atoms with Gasteiger partial charge in [0.25, 0.3) is 0 Å². The Morgan fingerprint density at radius 1 is 1.40 bits per heavy atom. The smallest absolute Gasteiger partial charge is 0.358 e. The lowest BCUT2D eigenvalue weighted by atomic mass is 9.75. The highest BCUT2D eigenvalue weighted by atomic mass is 16.5. The van der Waals surface area contributed by atoms with Crippen LogP contribution in [-0.4, -0.2) is 27.7 Å². The number of fused-ring (bicyclic) bond motifs is 1. The number of rotatable bonds is 4. The number of allylic oxidation sites excluding steroid dienone is 2. The largest absolute Gasteiger partial charge is 0.461 e. The van der Waals surface area contributed by atoms with Crippen molar-refractivity contribution in [2.24, 2.45) is 11.1 Å². The molecule has 1 aliphatic carbocycles. The molecular formula is C19H24N4O2. The fourth-order valence-corrected chi connectivity index (χ4v) is 3.24. The number of aromatic nitrogens is 2. The van der Waals surface area contributed by atoms with Crippen molar-refractivity contribution in [1.29, 1.82) is 5.41 Å². The van der Waals surface area contributed by atoms with E-state index in [2.05, 4.69) is 18.8 Å². The van der Waals surface area contributed by atoms with Gasteiger partial charge in [0.15, 0.2) is 5.69 Å². The van der Waals surface area contributed by atoms with E-state index >= 15 is 0 Å². The Morgan fingerprint density at radius 3 is 2.84 bits per heavy atom. The number of hydrogen-bond acceptors (Lipinski definition) is 5. The number of nitrogens with two attached hydrogens (primary N) is 1. The zero-order valence-electron chi connectivity index (χ0n) is 14.9. The van der Waals surface area contributed by atoms with Gasteiger partial charge in [0, 0.05) is 23.7 Å². The highest BCUT2D eigenvalue weighted by Gasteiger charge is 2.27. The second kappa shape index (κ2) is 6.35. The third kappa shape index (κ3) is 3.43. The Morgan fingerprint density at radius 2 is 2.16 bits per heavy atom. The summed E-state index contributed by atoms with van der Waals surface area (Å²) in [5, 5.41) is 8.55. The highest BCUT2D eigenvalue weighted by molar-refractivity contribution is 6.11. The van der Waals surface area contributed by atoms with Crippen molar-refractivity contribution in [2.75, 3.05) is 6.61 Å². The van der Waals surface area contributed by atoms with Crippen molar-refractivity contribution < 1.29 is 9.53 Å². The molecule has 0 radical (unpaired) electrons. The fraction of sp³-hybridized carbons (Fsp3) is 0.421. The summed E-state index contributed by atoms with van der Waals surface area (Å²) in [7, 11) is 0. The summed E-state index contributed by atoms with van der Waals surface area (Å²) in [6.07, 6.45) is 6.09. The van der Waals surface area contributed by atoms with Crippen LogP contribution in [0.5, 0.6) is 0 Å². The number of esters is 1. The summed E-state index contributed by atoms with van der Waals surface area (Å²) in [6, 6.07) is 3.65. The predicted octanol–water partition coefficient (Wildman–Crippen LogP) is 3.30. The lowest BCUT2D eigenvalue weighted by molar-refractivity contribution is 0.0520. The van der Waals surface area contributed by atoms with E-state index in [9.17, 15) is 4.79 Å². The normalized spacial score (nSPS) is 16.9. The molecule has 2 aromatic rings. The first kappa shape index (κ1) is 17.2. The van der Waals surface area contributed by atoms with Crippen LogP contribution < -0.4 is 5.73 Å². The van der Waals surface area contributed by atoms with Gasteiger partial charge in [-0.2, -0.15) is 0 Å². The third-order valence-electron chi connectivity index (χ3n) is 4.63. The van der Waals surface area contributed by atoms with Crippen LogP contribution in [0.2, 0.25) is 0 Å². The molecule has 0 amide bonds. The van der Waals surface area contributed by atoms with Crippen LogP contribution in [0.1, 0.15) is 56.1 Å². The topological polar surface area (TPSA) is 93.5 Å².